The van der Waals surface area contributed by atoms with Crippen molar-refractivity contribution in [3.05, 3.63) is 81.2 Å². The van der Waals surface area contributed by atoms with Crippen molar-refractivity contribution in [2.24, 2.45) is 17.1 Å². The maximum absolute atomic E-state index is 10.1. The van der Waals surface area contributed by atoms with Crippen LogP contribution in [0.5, 0.6) is 0 Å². The molecule has 30 heavy (non-hydrogen) atoms. The molecule has 148 valence electrons. The maximum Gasteiger partial charge on any atom is 0.192 e. The van der Waals surface area contributed by atoms with Crippen molar-refractivity contribution < 1.29 is 0 Å². The molecular weight excluding hydrogens is 390 g/mol. The fraction of sp³-hybridized carbons (Fsp3) is 0.292. The van der Waals surface area contributed by atoms with Crippen LogP contribution in [0.4, 0.5) is 0 Å². The van der Waals surface area contributed by atoms with Crippen LogP contribution >= 0.6 is 11.3 Å². The van der Waals surface area contributed by atoms with E-state index in [-0.39, 0.29) is 11.6 Å². The van der Waals surface area contributed by atoms with E-state index in [9.17, 15) is 15.8 Å². The van der Waals surface area contributed by atoms with Gasteiger partial charge in [-0.05, 0) is 29.0 Å². The summed E-state index contributed by atoms with van der Waals surface area (Å²) in [6.45, 7) is 2.28. The average Bonchev–Trinajstić information content (AvgIpc) is 3.32. The standard InChI is InChI=1S/C24H21N5S/c25-13-19-18-9-11-29(10-8-17-5-2-1-3-6-17)14-20(18)22(21-7-4-12-30-21)24(15-26,16-27)23(19)28/h1-7,9,12,20,22H,8,10-11,14,28H2/t20-,22-/m0/s1. The molecule has 2 N–H and O–H groups in total. The van der Waals surface area contributed by atoms with Crippen LogP contribution in [0.3, 0.4) is 0 Å². The van der Waals surface area contributed by atoms with Crippen LogP contribution in [0.1, 0.15) is 16.4 Å². The number of nitriles is 3. The van der Waals surface area contributed by atoms with E-state index in [0.29, 0.717) is 12.1 Å². The first-order valence-corrected chi connectivity index (χ1v) is 10.8. The summed E-state index contributed by atoms with van der Waals surface area (Å²) in [6.07, 6.45) is 2.98. The van der Waals surface area contributed by atoms with Gasteiger partial charge in [-0.2, -0.15) is 15.8 Å². The zero-order valence-electron chi connectivity index (χ0n) is 16.5. The Morgan fingerprint density at radius 2 is 1.87 bits per heavy atom. The lowest BCUT2D eigenvalue weighted by Crippen LogP contribution is -2.48. The van der Waals surface area contributed by atoms with Crippen molar-refractivity contribution in [1.82, 2.24) is 4.90 Å². The highest BCUT2D eigenvalue weighted by molar-refractivity contribution is 7.10. The van der Waals surface area contributed by atoms with Crippen molar-refractivity contribution in [3.8, 4) is 18.2 Å². The molecule has 0 amide bonds. The molecule has 0 fully saturated rings. The first-order chi connectivity index (χ1) is 14.6. The number of thiophene rings is 1. The molecule has 2 heterocycles. The van der Waals surface area contributed by atoms with E-state index in [4.69, 9.17) is 5.73 Å². The Labute approximate surface area is 180 Å². The van der Waals surface area contributed by atoms with Crippen molar-refractivity contribution >= 4 is 11.3 Å². The van der Waals surface area contributed by atoms with Gasteiger partial charge in [0.05, 0.1) is 23.4 Å². The van der Waals surface area contributed by atoms with Crippen LogP contribution in [0, 0.1) is 45.3 Å². The van der Waals surface area contributed by atoms with E-state index >= 15 is 0 Å². The van der Waals surface area contributed by atoms with E-state index in [2.05, 4.69) is 41.3 Å². The molecule has 4 rings (SSSR count). The minimum Gasteiger partial charge on any atom is -0.399 e. The lowest BCUT2D eigenvalue weighted by molar-refractivity contribution is 0.210. The first-order valence-electron chi connectivity index (χ1n) is 9.87. The number of hydrogen-bond acceptors (Lipinski definition) is 6. The highest BCUT2D eigenvalue weighted by Crippen LogP contribution is 2.54. The summed E-state index contributed by atoms with van der Waals surface area (Å²) in [5, 5.41) is 31.9. The predicted octanol–water partition coefficient (Wildman–Crippen LogP) is 3.72. The Morgan fingerprint density at radius 3 is 2.50 bits per heavy atom. The summed E-state index contributed by atoms with van der Waals surface area (Å²) in [5.41, 5.74) is 7.33. The number of allylic oxidation sites excluding steroid dienone is 2. The van der Waals surface area contributed by atoms with Gasteiger partial charge in [0.1, 0.15) is 6.07 Å². The summed E-state index contributed by atoms with van der Waals surface area (Å²) >= 11 is 1.53. The van der Waals surface area contributed by atoms with Gasteiger partial charge in [-0.3, -0.25) is 4.90 Å². The Balaban J connectivity index is 1.73. The van der Waals surface area contributed by atoms with Crippen molar-refractivity contribution in [2.75, 3.05) is 19.6 Å². The number of benzene rings is 1. The first kappa shape index (κ1) is 19.9. The highest BCUT2D eigenvalue weighted by Gasteiger charge is 2.54. The topological polar surface area (TPSA) is 101 Å². The van der Waals surface area contributed by atoms with Gasteiger partial charge in [-0.15, -0.1) is 11.3 Å². The third kappa shape index (κ3) is 3.19. The second kappa shape index (κ2) is 8.17. The van der Waals surface area contributed by atoms with E-state index < -0.39 is 11.3 Å². The molecule has 1 aliphatic heterocycles. The minimum absolute atomic E-state index is 0.0913. The second-order valence-electron chi connectivity index (χ2n) is 7.69. The molecule has 2 aromatic rings. The van der Waals surface area contributed by atoms with E-state index in [1.165, 1.54) is 16.9 Å². The van der Waals surface area contributed by atoms with Gasteiger partial charge in [0.25, 0.3) is 0 Å². The van der Waals surface area contributed by atoms with Crippen LogP contribution in [-0.2, 0) is 6.42 Å². The normalized spacial score (nSPS) is 22.9. The van der Waals surface area contributed by atoms with Gasteiger partial charge in [0, 0.05) is 36.3 Å². The fourth-order valence-electron chi connectivity index (χ4n) is 4.63. The fourth-order valence-corrected chi connectivity index (χ4v) is 5.59. The second-order valence-corrected chi connectivity index (χ2v) is 8.67. The van der Waals surface area contributed by atoms with Gasteiger partial charge >= 0.3 is 0 Å². The Kier molecular flexibility index (Phi) is 5.42. The smallest absolute Gasteiger partial charge is 0.192 e. The third-order valence-electron chi connectivity index (χ3n) is 6.15. The third-order valence-corrected chi connectivity index (χ3v) is 7.10. The van der Waals surface area contributed by atoms with Gasteiger partial charge in [0.15, 0.2) is 5.41 Å². The molecular formula is C24H21N5S. The molecule has 0 saturated heterocycles. The van der Waals surface area contributed by atoms with Crippen molar-refractivity contribution in [2.45, 2.75) is 12.3 Å². The Bertz CT molecular complexity index is 1100. The minimum atomic E-state index is -1.54. The molecule has 0 spiro atoms. The molecule has 1 aliphatic carbocycles. The predicted molar refractivity (Wildman–Crippen MR) is 116 cm³/mol. The van der Waals surface area contributed by atoms with Crippen LogP contribution in [-0.4, -0.2) is 24.5 Å². The quantitative estimate of drug-likeness (QED) is 0.826. The zero-order chi connectivity index (χ0) is 21.1. The Hall–Kier alpha value is -3.37. The monoisotopic (exact) mass is 411 g/mol. The highest BCUT2D eigenvalue weighted by atomic mass is 32.1. The maximum atomic E-state index is 10.1. The van der Waals surface area contributed by atoms with E-state index in [1.807, 2.05) is 35.7 Å². The summed E-state index contributed by atoms with van der Waals surface area (Å²) < 4.78 is 0. The summed E-state index contributed by atoms with van der Waals surface area (Å²) in [4.78, 5) is 3.29. The van der Waals surface area contributed by atoms with Gasteiger partial charge in [-0.1, -0.05) is 42.5 Å². The van der Waals surface area contributed by atoms with E-state index in [1.54, 1.807) is 0 Å². The number of nitrogens with zero attached hydrogens (tertiary/aromatic N) is 4. The number of hydrogen-bond donors (Lipinski definition) is 1. The molecule has 1 aromatic heterocycles. The molecule has 2 aliphatic rings. The van der Waals surface area contributed by atoms with Crippen molar-refractivity contribution in [1.29, 1.82) is 15.8 Å². The van der Waals surface area contributed by atoms with Crippen molar-refractivity contribution in [3.63, 3.8) is 0 Å². The van der Waals surface area contributed by atoms with Gasteiger partial charge < -0.3 is 5.73 Å². The summed E-state index contributed by atoms with van der Waals surface area (Å²) in [5.74, 6) is -0.523. The largest absolute Gasteiger partial charge is 0.399 e. The summed E-state index contributed by atoms with van der Waals surface area (Å²) in [7, 11) is 0. The zero-order valence-corrected chi connectivity index (χ0v) is 17.3. The Morgan fingerprint density at radius 1 is 1.10 bits per heavy atom. The number of fused-ring (bicyclic) bond motifs is 1. The molecule has 0 bridgehead atoms. The number of rotatable bonds is 4. The molecule has 5 nitrogen and oxygen atoms in total. The SMILES string of the molecule is N#CC1=C(N)C(C#N)(C#N)[C@H](c2cccs2)[C@H]2CN(CCc3ccccc3)CC=C12. The van der Waals surface area contributed by atoms with Crippen LogP contribution in [0.15, 0.2) is 70.8 Å². The van der Waals surface area contributed by atoms with Gasteiger partial charge in [-0.25, -0.2) is 0 Å². The molecule has 1 aromatic carbocycles. The van der Waals surface area contributed by atoms with Crippen LogP contribution in [0.2, 0.25) is 0 Å². The van der Waals surface area contributed by atoms with Gasteiger partial charge in [0.2, 0.25) is 0 Å². The molecule has 0 unspecified atom stereocenters. The van der Waals surface area contributed by atoms with Crippen LogP contribution in [0.25, 0.3) is 0 Å². The molecule has 6 heteroatoms. The van der Waals surface area contributed by atoms with E-state index in [0.717, 1.165) is 30.0 Å². The average molecular weight is 412 g/mol. The molecule has 2 atom stereocenters. The molecule has 0 radical (unpaired) electrons. The number of nitrogens with two attached hydrogens (primary N) is 1. The lowest BCUT2D eigenvalue weighted by atomic mass is 9.59. The molecule has 0 saturated carbocycles. The lowest BCUT2D eigenvalue weighted by Gasteiger charge is -2.45. The van der Waals surface area contributed by atoms with Crippen LogP contribution < -0.4 is 5.73 Å². The summed E-state index contributed by atoms with van der Waals surface area (Å²) in [6, 6.07) is 20.8.